The monoisotopic (exact) mass is 550 g/mol. The molecule has 3 aromatic carbocycles. The molecule has 3 rings (SSSR count). The van der Waals surface area contributed by atoms with E-state index in [1.165, 1.54) is 18.3 Å². The summed E-state index contributed by atoms with van der Waals surface area (Å²) in [6.45, 7) is 8.88. The van der Waals surface area contributed by atoms with E-state index in [1.54, 1.807) is 48.5 Å². The van der Waals surface area contributed by atoms with Crippen molar-refractivity contribution in [3.63, 3.8) is 0 Å². The standard InChI is InChI=1S/C29H34N4O5S/c1-20(2)31-29(35)19-38-26-12-9-24(10-13-26)17-30-32-28(34)18-33(25-11-8-22(4)23(5)16-25)39(36,37)27-14-6-21(3)7-15-27/h6-17,20H,18-19H2,1-5H3,(H,31,35)(H,32,34). The van der Waals surface area contributed by atoms with Gasteiger partial charge in [0.1, 0.15) is 12.3 Å². The van der Waals surface area contributed by atoms with Crippen molar-refractivity contribution in [2.75, 3.05) is 17.5 Å². The topological polar surface area (TPSA) is 117 Å². The van der Waals surface area contributed by atoms with Gasteiger partial charge in [0, 0.05) is 6.04 Å². The molecule has 0 spiro atoms. The van der Waals surface area contributed by atoms with Gasteiger partial charge < -0.3 is 10.1 Å². The molecule has 0 heterocycles. The summed E-state index contributed by atoms with van der Waals surface area (Å²) < 4.78 is 33.6. The number of hydrazone groups is 1. The van der Waals surface area contributed by atoms with Crippen LogP contribution in [-0.2, 0) is 19.6 Å². The van der Waals surface area contributed by atoms with Crippen LogP contribution < -0.4 is 19.8 Å². The number of ether oxygens (including phenoxy) is 1. The lowest BCUT2D eigenvalue weighted by molar-refractivity contribution is -0.123. The Hall–Kier alpha value is -4.18. The van der Waals surface area contributed by atoms with Crippen molar-refractivity contribution in [2.24, 2.45) is 5.10 Å². The fraction of sp³-hybridized carbons (Fsp3) is 0.276. The van der Waals surface area contributed by atoms with Gasteiger partial charge in [0.15, 0.2) is 6.61 Å². The molecular weight excluding hydrogens is 516 g/mol. The maximum Gasteiger partial charge on any atom is 0.264 e. The highest BCUT2D eigenvalue weighted by atomic mass is 32.2. The highest BCUT2D eigenvalue weighted by Gasteiger charge is 2.27. The van der Waals surface area contributed by atoms with Gasteiger partial charge in [0.25, 0.3) is 21.8 Å². The number of hydrogen-bond donors (Lipinski definition) is 2. The Morgan fingerprint density at radius 2 is 1.59 bits per heavy atom. The van der Waals surface area contributed by atoms with E-state index in [1.807, 2.05) is 40.7 Å². The van der Waals surface area contributed by atoms with Crippen LogP contribution in [0.5, 0.6) is 5.75 Å². The van der Waals surface area contributed by atoms with Crippen molar-refractivity contribution in [2.45, 2.75) is 45.6 Å². The van der Waals surface area contributed by atoms with Crippen molar-refractivity contribution in [3.8, 4) is 5.75 Å². The Kier molecular flexibility index (Phi) is 9.84. The van der Waals surface area contributed by atoms with Gasteiger partial charge in [-0.3, -0.25) is 13.9 Å². The van der Waals surface area contributed by atoms with Crippen LogP contribution in [0.3, 0.4) is 0 Å². The third kappa shape index (κ3) is 8.41. The molecule has 0 fully saturated rings. The number of aryl methyl sites for hydroxylation is 3. The summed E-state index contributed by atoms with van der Waals surface area (Å²) in [6, 6.07) is 18.6. The van der Waals surface area contributed by atoms with Crippen LogP contribution in [0.15, 0.2) is 76.7 Å². The number of nitrogens with zero attached hydrogens (tertiary/aromatic N) is 2. The number of nitrogens with one attached hydrogen (secondary N) is 2. The van der Waals surface area contributed by atoms with Gasteiger partial charge in [-0.25, -0.2) is 13.8 Å². The molecule has 0 unspecified atom stereocenters. The molecule has 9 nitrogen and oxygen atoms in total. The first kappa shape index (κ1) is 29.4. The Labute approximate surface area is 229 Å². The first-order valence-electron chi connectivity index (χ1n) is 12.5. The number of amides is 2. The molecule has 0 aliphatic rings. The van der Waals surface area contributed by atoms with E-state index in [2.05, 4.69) is 15.8 Å². The average Bonchev–Trinajstić information content (AvgIpc) is 2.88. The molecule has 0 saturated heterocycles. The van der Waals surface area contributed by atoms with Crippen LogP contribution in [0.2, 0.25) is 0 Å². The zero-order chi connectivity index (χ0) is 28.6. The molecule has 0 aliphatic carbocycles. The van der Waals surface area contributed by atoms with Crippen molar-refractivity contribution >= 4 is 33.7 Å². The van der Waals surface area contributed by atoms with Crippen LogP contribution >= 0.6 is 0 Å². The Morgan fingerprint density at radius 3 is 2.21 bits per heavy atom. The maximum absolute atomic E-state index is 13.5. The van der Waals surface area contributed by atoms with Crippen molar-refractivity contribution in [1.82, 2.24) is 10.7 Å². The molecule has 0 aliphatic heterocycles. The molecule has 0 atom stereocenters. The Morgan fingerprint density at radius 1 is 0.923 bits per heavy atom. The number of anilines is 1. The Bertz CT molecular complexity index is 1430. The van der Waals surface area contributed by atoms with Crippen LogP contribution in [0.25, 0.3) is 0 Å². The van der Waals surface area contributed by atoms with E-state index >= 15 is 0 Å². The first-order valence-corrected chi connectivity index (χ1v) is 13.9. The molecule has 39 heavy (non-hydrogen) atoms. The minimum Gasteiger partial charge on any atom is -0.484 e. The normalized spacial score (nSPS) is 11.4. The lowest BCUT2D eigenvalue weighted by Gasteiger charge is -2.24. The zero-order valence-corrected chi connectivity index (χ0v) is 23.6. The van der Waals surface area contributed by atoms with E-state index in [0.29, 0.717) is 17.0 Å². The SMILES string of the molecule is Cc1ccc(S(=O)(=O)N(CC(=O)NN=Cc2ccc(OCC(=O)NC(C)C)cc2)c2ccc(C)c(C)c2)cc1. The van der Waals surface area contributed by atoms with Gasteiger partial charge in [0.05, 0.1) is 16.8 Å². The fourth-order valence-electron chi connectivity index (χ4n) is 3.54. The predicted molar refractivity (Wildman–Crippen MR) is 153 cm³/mol. The van der Waals surface area contributed by atoms with E-state index < -0.39 is 22.5 Å². The van der Waals surface area contributed by atoms with Gasteiger partial charge >= 0.3 is 0 Å². The van der Waals surface area contributed by atoms with Crippen molar-refractivity contribution in [3.05, 3.63) is 89.0 Å². The third-order valence-corrected chi connectivity index (χ3v) is 7.57. The minimum absolute atomic E-state index is 0.0331. The first-order chi connectivity index (χ1) is 18.5. The van der Waals surface area contributed by atoms with Gasteiger partial charge in [-0.05, 0) is 99.8 Å². The summed E-state index contributed by atoms with van der Waals surface area (Å²) in [7, 11) is -4.02. The second-order valence-electron chi connectivity index (χ2n) is 9.47. The molecule has 10 heteroatoms. The van der Waals surface area contributed by atoms with Gasteiger partial charge in [-0.1, -0.05) is 23.8 Å². The molecule has 206 valence electrons. The van der Waals surface area contributed by atoms with Crippen molar-refractivity contribution < 1.29 is 22.7 Å². The van der Waals surface area contributed by atoms with Gasteiger partial charge in [-0.15, -0.1) is 0 Å². The molecule has 3 aromatic rings. The zero-order valence-electron chi connectivity index (χ0n) is 22.8. The second kappa shape index (κ2) is 13.1. The van der Waals surface area contributed by atoms with Crippen LogP contribution in [-0.4, -0.2) is 45.6 Å². The molecule has 0 bridgehead atoms. The number of carbonyl (C=O) groups excluding carboxylic acids is 2. The average molecular weight is 551 g/mol. The predicted octanol–water partition coefficient (Wildman–Crippen LogP) is 3.86. The quantitative estimate of drug-likeness (QED) is 0.278. The third-order valence-electron chi connectivity index (χ3n) is 5.78. The number of benzene rings is 3. The smallest absolute Gasteiger partial charge is 0.264 e. The minimum atomic E-state index is -4.02. The molecule has 0 aromatic heterocycles. The molecular formula is C29H34N4O5S. The van der Waals surface area contributed by atoms with Gasteiger partial charge in [-0.2, -0.15) is 5.10 Å². The lowest BCUT2D eigenvalue weighted by Crippen LogP contribution is -2.39. The second-order valence-corrected chi connectivity index (χ2v) is 11.3. The number of sulfonamides is 1. The number of carbonyl (C=O) groups is 2. The number of hydrogen-bond acceptors (Lipinski definition) is 6. The highest BCUT2D eigenvalue weighted by molar-refractivity contribution is 7.92. The van der Waals surface area contributed by atoms with E-state index in [-0.39, 0.29) is 23.5 Å². The highest BCUT2D eigenvalue weighted by Crippen LogP contribution is 2.26. The molecule has 2 amide bonds. The van der Waals surface area contributed by atoms with E-state index in [0.717, 1.165) is 21.0 Å². The van der Waals surface area contributed by atoms with Crippen LogP contribution in [0.4, 0.5) is 5.69 Å². The fourth-order valence-corrected chi connectivity index (χ4v) is 4.95. The summed E-state index contributed by atoms with van der Waals surface area (Å²) in [5.41, 5.74) is 6.30. The lowest BCUT2D eigenvalue weighted by atomic mass is 10.1. The van der Waals surface area contributed by atoms with Crippen LogP contribution in [0, 0.1) is 20.8 Å². The Balaban J connectivity index is 1.69. The number of rotatable bonds is 11. The molecule has 0 radical (unpaired) electrons. The maximum atomic E-state index is 13.5. The molecule has 2 N–H and O–H groups in total. The molecule has 0 saturated carbocycles. The largest absolute Gasteiger partial charge is 0.484 e. The summed E-state index contributed by atoms with van der Waals surface area (Å²) in [5, 5.41) is 6.72. The van der Waals surface area contributed by atoms with E-state index in [9.17, 15) is 18.0 Å². The van der Waals surface area contributed by atoms with Crippen LogP contribution in [0.1, 0.15) is 36.1 Å². The summed E-state index contributed by atoms with van der Waals surface area (Å²) in [4.78, 5) is 24.6. The summed E-state index contributed by atoms with van der Waals surface area (Å²) in [6.07, 6.45) is 1.43. The summed E-state index contributed by atoms with van der Waals surface area (Å²) in [5.74, 6) is -0.297. The van der Waals surface area contributed by atoms with E-state index in [4.69, 9.17) is 4.74 Å². The summed E-state index contributed by atoms with van der Waals surface area (Å²) >= 11 is 0. The van der Waals surface area contributed by atoms with Gasteiger partial charge in [0.2, 0.25) is 0 Å². The van der Waals surface area contributed by atoms with Crippen molar-refractivity contribution in [1.29, 1.82) is 0 Å².